The zero-order chi connectivity index (χ0) is 8.43. The molecule has 0 atom stereocenters. The lowest BCUT2D eigenvalue weighted by Gasteiger charge is -2.04. The van der Waals surface area contributed by atoms with Gasteiger partial charge in [0, 0.05) is 5.56 Å². The lowest BCUT2D eigenvalue weighted by atomic mass is 10.2. The molecule has 0 saturated carbocycles. The Kier molecular flexibility index (Phi) is 2.35. The normalized spacial score (nSPS) is 9.82. The molecule has 11 heavy (non-hydrogen) atoms. The summed E-state index contributed by atoms with van der Waals surface area (Å²) in [5, 5.41) is 0.340. The average molecular weight is 175 g/mol. The van der Waals surface area contributed by atoms with E-state index in [2.05, 4.69) is 0 Å². The van der Waals surface area contributed by atoms with Crippen LogP contribution in [0.5, 0.6) is 5.75 Å². The van der Waals surface area contributed by atoms with Gasteiger partial charge < -0.3 is 4.74 Å². The first kappa shape index (κ1) is 8.34. The summed E-state index contributed by atoms with van der Waals surface area (Å²) in [5.41, 5.74) is 0.422. The van der Waals surface area contributed by atoms with E-state index >= 15 is 0 Å². The Labute approximate surface area is 69.7 Å². The van der Waals surface area contributed by atoms with E-state index < -0.39 is 0 Å². The Morgan fingerprint density at radius 3 is 2.64 bits per heavy atom. The van der Waals surface area contributed by atoms with Crippen LogP contribution in [0.2, 0.25) is 5.02 Å². The van der Waals surface area contributed by atoms with Gasteiger partial charge in [-0.15, -0.1) is 0 Å². The van der Waals surface area contributed by atoms with Crippen LogP contribution in [0.25, 0.3) is 0 Å². The van der Waals surface area contributed by atoms with Gasteiger partial charge in [0.2, 0.25) is 0 Å². The van der Waals surface area contributed by atoms with Crippen LogP contribution in [-0.2, 0) is 0 Å². The van der Waals surface area contributed by atoms with Crippen molar-refractivity contribution in [2.24, 2.45) is 0 Å². The quantitative estimate of drug-likeness (QED) is 0.636. The Morgan fingerprint density at radius 2 is 2.09 bits per heavy atom. The maximum absolute atomic E-state index is 12.8. The van der Waals surface area contributed by atoms with E-state index in [1.54, 1.807) is 6.92 Å². The van der Waals surface area contributed by atoms with Gasteiger partial charge in [0.1, 0.15) is 11.6 Å². The molecule has 0 aliphatic heterocycles. The second-order valence-electron chi connectivity index (χ2n) is 2.19. The molecule has 0 aliphatic rings. The standard InChI is InChI=1S/C8H8ClFO/c1-5-6(10)3-4-7(11-2)8(5)9/h3-4H,1-2H3. The molecule has 0 spiro atoms. The van der Waals surface area contributed by atoms with Gasteiger partial charge in [-0.3, -0.25) is 0 Å². The Balaban J connectivity index is 3.25. The van der Waals surface area contributed by atoms with E-state index in [1.165, 1.54) is 19.2 Å². The van der Waals surface area contributed by atoms with Crippen LogP contribution in [0.1, 0.15) is 5.56 Å². The molecule has 60 valence electrons. The number of benzene rings is 1. The molecule has 0 bridgehead atoms. The number of hydrogen-bond donors (Lipinski definition) is 0. The summed E-state index contributed by atoms with van der Waals surface area (Å²) in [4.78, 5) is 0. The molecule has 1 nitrogen and oxygen atoms in total. The molecule has 0 saturated heterocycles. The highest BCUT2D eigenvalue weighted by molar-refractivity contribution is 6.32. The second kappa shape index (κ2) is 3.09. The molecule has 0 aliphatic carbocycles. The molecule has 0 unspecified atom stereocenters. The second-order valence-corrected chi connectivity index (χ2v) is 2.57. The fraction of sp³-hybridized carbons (Fsp3) is 0.250. The first-order valence-corrected chi connectivity index (χ1v) is 3.53. The molecule has 0 N–H and O–H groups in total. The lowest BCUT2D eigenvalue weighted by Crippen LogP contribution is -1.89. The lowest BCUT2D eigenvalue weighted by molar-refractivity contribution is 0.413. The number of methoxy groups -OCH3 is 1. The summed E-state index contributed by atoms with van der Waals surface area (Å²) < 4.78 is 17.6. The van der Waals surface area contributed by atoms with E-state index in [1.807, 2.05) is 0 Å². The van der Waals surface area contributed by atoms with Gasteiger partial charge in [-0.05, 0) is 19.1 Å². The van der Waals surface area contributed by atoms with E-state index in [9.17, 15) is 4.39 Å². The molecule has 0 aromatic heterocycles. The monoisotopic (exact) mass is 174 g/mol. The van der Waals surface area contributed by atoms with E-state index in [0.717, 1.165) is 0 Å². The minimum atomic E-state index is -0.309. The summed E-state index contributed by atoms with van der Waals surface area (Å²) in [6.45, 7) is 1.61. The van der Waals surface area contributed by atoms with Gasteiger partial charge in [-0.25, -0.2) is 4.39 Å². The minimum Gasteiger partial charge on any atom is -0.495 e. The van der Waals surface area contributed by atoms with Gasteiger partial charge >= 0.3 is 0 Å². The summed E-state index contributed by atoms with van der Waals surface area (Å²) in [5.74, 6) is 0.196. The molecule has 0 amide bonds. The van der Waals surface area contributed by atoms with E-state index in [4.69, 9.17) is 16.3 Å². The molecular weight excluding hydrogens is 167 g/mol. The first-order chi connectivity index (χ1) is 5.16. The SMILES string of the molecule is COc1ccc(F)c(C)c1Cl. The molecule has 1 rings (SSSR count). The summed E-state index contributed by atoms with van der Waals surface area (Å²) >= 11 is 5.73. The van der Waals surface area contributed by atoms with Gasteiger partial charge in [0.25, 0.3) is 0 Å². The first-order valence-electron chi connectivity index (χ1n) is 3.15. The van der Waals surface area contributed by atoms with Crippen LogP contribution >= 0.6 is 11.6 Å². The zero-order valence-corrected chi connectivity index (χ0v) is 7.07. The highest BCUT2D eigenvalue weighted by atomic mass is 35.5. The van der Waals surface area contributed by atoms with Crippen molar-refractivity contribution in [3.63, 3.8) is 0 Å². The minimum absolute atomic E-state index is 0.309. The Hall–Kier alpha value is -0.760. The van der Waals surface area contributed by atoms with Crippen LogP contribution in [0.4, 0.5) is 4.39 Å². The zero-order valence-electron chi connectivity index (χ0n) is 6.32. The predicted molar refractivity (Wildman–Crippen MR) is 42.7 cm³/mol. The van der Waals surface area contributed by atoms with Crippen LogP contribution in [-0.4, -0.2) is 7.11 Å². The van der Waals surface area contributed by atoms with Gasteiger partial charge in [-0.2, -0.15) is 0 Å². The third-order valence-corrected chi connectivity index (χ3v) is 1.97. The molecule has 1 aromatic rings. The highest BCUT2D eigenvalue weighted by Crippen LogP contribution is 2.28. The maximum Gasteiger partial charge on any atom is 0.137 e. The van der Waals surface area contributed by atoms with E-state index in [-0.39, 0.29) is 5.82 Å². The van der Waals surface area contributed by atoms with Crippen LogP contribution in [0.3, 0.4) is 0 Å². The van der Waals surface area contributed by atoms with Crippen molar-refractivity contribution in [3.8, 4) is 5.75 Å². The van der Waals surface area contributed by atoms with E-state index in [0.29, 0.717) is 16.3 Å². The largest absolute Gasteiger partial charge is 0.495 e. The van der Waals surface area contributed by atoms with Crippen molar-refractivity contribution < 1.29 is 9.13 Å². The molecule has 0 fully saturated rings. The molecule has 0 radical (unpaired) electrons. The summed E-state index contributed by atoms with van der Waals surface area (Å²) in [6.07, 6.45) is 0. The van der Waals surface area contributed by atoms with Crippen molar-refractivity contribution in [1.82, 2.24) is 0 Å². The fourth-order valence-corrected chi connectivity index (χ4v) is 1.02. The van der Waals surface area contributed by atoms with Crippen molar-refractivity contribution >= 4 is 11.6 Å². The van der Waals surface area contributed by atoms with Crippen LogP contribution < -0.4 is 4.74 Å². The topological polar surface area (TPSA) is 9.23 Å². The summed E-state index contributed by atoms with van der Waals surface area (Å²) in [6, 6.07) is 2.84. The molecule has 0 heterocycles. The third-order valence-electron chi connectivity index (χ3n) is 1.50. The Morgan fingerprint density at radius 1 is 1.45 bits per heavy atom. The van der Waals surface area contributed by atoms with Gasteiger partial charge in [0.05, 0.1) is 12.1 Å². The van der Waals surface area contributed by atoms with Crippen molar-refractivity contribution in [2.45, 2.75) is 6.92 Å². The molecular formula is C8H8ClFO. The number of ether oxygens (including phenoxy) is 1. The van der Waals surface area contributed by atoms with Crippen molar-refractivity contribution in [3.05, 3.63) is 28.5 Å². The smallest absolute Gasteiger partial charge is 0.137 e. The van der Waals surface area contributed by atoms with Gasteiger partial charge in [0.15, 0.2) is 0 Å². The van der Waals surface area contributed by atoms with Crippen molar-refractivity contribution in [2.75, 3.05) is 7.11 Å². The number of rotatable bonds is 1. The van der Waals surface area contributed by atoms with Gasteiger partial charge in [-0.1, -0.05) is 11.6 Å². The van der Waals surface area contributed by atoms with Crippen LogP contribution in [0, 0.1) is 12.7 Å². The van der Waals surface area contributed by atoms with Crippen LogP contribution in [0.15, 0.2) is 12.1 Å². The average Bonchev–Trinajstić information content (AvgIpc) is 2.01. The third kappa shape index (κ3) is 1.46. The highest BCUT2D eigenvalue weighted by Gasteiger charge is 2.06. The molecule has 1 aromatic carbocycles. The number of halogens is 2. The molecule has 3 heteroatoms. The Bertz CT molecular complexity index is 273. The van der Waals surface area contributed by atoms with Crippen molar-refractivity contribution in [1.29, 1.82) is 0 Å². The predicted octanol–water partition coefficient (Wildman–Crippen LogP) is 2.80. The number of hydrogen-bond acceptors (Lipinski definition) is 1. The maximum atomic E-state index is 12.8. The summed E-state index contributed by atoms with van der Waals surface area (Å²) in [7, 11) is 1.50. The fourth-order valence-electron chi connectivity index (χ4n) is 0.794.